The molecule has 128 valence electrons. The molecule has 0 radical (unpaired) electrons. The van der Waals surface area contributed by atoms with Gasteiger partial charge in [0.25, 0.3) is 5.91 Å². The lowest BCUT2D eigenvalue weighted by Gasteiger charge is -2.28. The van der Waals surface area contributed by atoms with Crippen LogP contribution in [0.15, 0.2) is 48.8 Å². The van der Waals surface area contributed by atoms with Crippen LogP contribution in [0.1, 0.15) is 36.0 Å². The second-order valence-electron chi connectivity index (χ2n) is 6.42. The zero-order valence-electron chi connectivity index (χ0n) is 13.8. The van der Waals surface area contributed by atoms with Crippen LogP contribution in [-0.2, 0) is 0 Å². The number of aliphatic hydroxyl groups is 1. The molecule has 2 aromatic heterocycles. The van der Waals surface area contributed by atoms with Crippen molar-refractivity contribution < 1.29 is 9.90 Å². The molecule has 0 saturated heterocycles. The summed E-state index contributed by atoms with van der Waals surface area (Å²) in [6.07, 6.45) is 6.31. The molecule has 3 aromatic rings. The van der Waals surface area contributed by atoms with Crippen molar-refractivity contribution in [3.8, 4) is 11.3 Å². The van der Waals surface area contributed by atoms with Crippen LogP contribution in [0.3, 0.4) is 0 Å². The monoisotopic (exact) mass is 336 g/mol. The molecule has 4 rings (SSSR count). The number of carbonyl (C=O) groups excluding carboxylic acids is 1. The zero-order chi connectivity index (χ0) is 17.2. The minimum Gasteiger partial charge on any atom is -0.391 e. The van der Waals surface area contributed by atoms with E-state index in [0.29, 0.717) is 11.2 Å². The van der Waals surface area contributed by atoms with Crippen molar-refractivity contribution in [1.29, 1.82) is 0 Å². The van der Waals surface area contributed by atoms with Crippen molar-refractivity contribution in [2.75, 3.05) is 0 Å². The molecule has 1 aliphatic carbocycles. The first kappa shape index (κ1) is 15.8. The van der Waals surface area contributed by atoms with Crippen LogP contribution in [-0.4, -0.2) is 37.8 Å². The highest BCUT2D eigenvalue weighted by Gasteiger charge is 2.26. The number of nitrogens with one attached hydrogen (secondary N) is 1. The fourth-order valence-corrected chi connectivity index (χ4v) is 3.40. The van der Waals surface area contributed by atoms with Crippen LogP contribution >= 0.6 is 0 Å². The largest absolute Gasteiger partial charge is 0.391 e. The number of fused-ring (bicyclic) bond motifs is 1. The maximum atomic E-state index is 12.7. The molecule has 1 amide bonds. The summed E-state index contributed by atoms with van der Waals surface area (Å²) >= 11 is 0. The van der Waals surface area contributed by atoms with E-state index >= 15 is 0 Å². The van der Waals surface area contributed by atoms with Crippen molar-refractivity contribution in [3.63, 3.8) is 0 Å². The number of hydrogen-bond donors (Lipinski definition) is 2. The molecular formula is C19H20N4O2. The Kier molecular flexibility index (Phi) is 4.19. The van der Waals surface area contributed by atoms with E-state index in [9.17, 15) is 9.90 Å². The van der Waals surface area contributed by atoms with Gasteiger partial charge in [0.2, 0.25) is 0 Å². The highest BCUT2D eigenvalue weighted by Crippen LogP contribution is 2.22. The molecule has 1 saturated carbocycles. The second-order valence-corrected chi connectivity index (χ2v) is 6.42. The summed E-state index contributed by atoms with van der Waals surface area (Å²) in [5.41, 5.74) is 2.83. The molecule has 1 fully saturated rings. The quantitative estimate of drug-likeness (QED) is 0.770. The molecule has 6 heteroatoms. The normalized spacial score (nSPS) is 20.5. The standard InChI is InChI=1S/C19H20N4O2/c24-17-9-5-4-8-15(17)22-19(25)14-12-21-23-16(10-11-20-18(14)23)13-6-2-1-3-7-13/h1-3,6-7,10-12,15,17,24H,4-5,8-9H2,(H,22,25). The Labute approximate surface area is 145 Å². The second kappa shape index (κ2) is 6.64. The third-order valence-corrected chi connectivity index (χ3v) is 4.76. The first-order chi connectivity index (χ1) is 12.2. The van der Waals surface area contributed by atoms with Crippen molar-refractivity contribution in [3.05, 3.63) is 54.4 Å². The number of nitrogens with zero attached hydrogens (tertiary/aromatic N) is 3. The van der Waals surface area contributed by atoms with Gasteiger partial charge in [-0.2, -0.15) is 5.10 Å². The molecular weight excluding hydrogens is 316 g/mol. The van der Waals surface area contributed by atoms with Gasteiger partial charge in [0.05, 0.1) is 24.0 Å². The Morgan fingerprint density at radius 2 is 1.96 bits per heavy atom. The summed E-state index contributed by atoms with van der Waals surface area (Å²) in [5, 5.41) is 17.4. The molecule has 25 heavy (non-hydrogen) atoms. The highest BCUT2D eigenvalue weighted by atomic mass is 16.3. The highest BCUT2D eigenvalue weighted by molar-refractivity contribution is 6.00. The van der Waals surface area contributed by atoms with Gasteiger partial charge in [0.1, 0.15) is 5.56 Å². The predicted octanol–water partition coefficient (Wildman–Crippen LogP) is 2.43. The first-order valence-corrected chi connectivity index (χ1v) is 8.61. The topological polar surface area (TPSA) is 79.5 Å². The zero-order valence-corrected chi connectivity index (χ0v) is 13.8. The number of amides is 1. The molecule has 6 nitrogen and oxygen atoms in total. The number of carbonyl (C=O) groups is 1. The molecule has 0 aliphatic heterocycles. The van der Waals surface area contributed by atoms with Gasteiger partial charge in [0, 0.05) is 11.8 Å². The Balaban J connectivity index is 1.66. The smallest absolute Gasteiger partial charge is 0.257 e. The fraction of sp³-hybridized carbons (Fsp3) is 0.316. The molecule has 1 aromatic carbocycles. The summed E-state index contributed by atoms with van der Waals surface area (Å²) in [5.74, 6) is -0.237. The number of rotatable bonds is 3. The molecule has 2 unspecified atom stereocenters. The van der Waals surface area contributed by atoms with Gasteiger partial charge in [-0.05, 0) is 18.9 Å². The Morgan fingerprint density at radius 3 is 2.76 bits per heavy atom. The van der Waals surface area contributed by atoms with E-state index in [-0.39, 0.29) is 11.9 Å². The van der Waals surface area contributed by atoms with Crippen molar-refractivity contribution in [2.24, 2.45) is 0 Å². The number of hydrogen-bond acceptors (Lipinski definition) is 4. The van der Waals surface area contributed by atoms with Crippen molar-refractivity contribution in [1.82, 2.24) is 19.9 Å². The third-order valence-electron chi connectivity index (χ3n) is 4.76. The van der Waals surface area contributed by atoms with E-state index in [0.717, 1.165) is 36.9 Å². The van der Waals surface area contributed by atoms with Crippen LogP contribution in [0, 0.1) is 0 Å². The fourth-order valence-electron chi connectivity index (χ4n) is 3.40. The van der Waals surface area contributed by atoms with E-state index in [2.05, 4.69) is 15.4 Å². The maximum absolute atomic E-state index is 12.7. The minimum atomic E-state index is -0.479. The van der Waals surface area contributed by atoms with E-state index in [1.54, 1.807) is 16.9 Å². The summed E-state index contributed by atoms with van der Waals surface area (Å²) in [6.45, 7) is 0. The summed E-state index contributed by atoms with van der Waals surface area (Å²) in [7, 11) is 0. The van der Waals surface area contributed by atoms with Crippen molar-refractivity contribution >= 4 is 11.6 Å². The van der Waals surface area contributed by atoms with E-state index in [1.165, 1.54) is 0 Å². The minimum absolute atomic E-state index is 0.200. The molecule has 2 N–H and O–H groups in total. The molecule has 0 bridgehead atoms. The number of aliphatic hydroxyl groups excluding tert-OH is 1. The van der Waals surface area contributed by atoms with Crippen molar-refractivity contribution in [2.45, 2.75) is 37.8 Å². The van der Waals surface area contributed by atoms with Gasteiger partial charge in [-0.1, -0.05) is 43.2 Å². The van der Waals surface area contributed by atoms with Gasteiger partial charge in [0.15, 0.2) is 5.65 Å². The Morgan fingerprint density at radius 1 is 1.16 bits per heavy atom. The van der Waals surface area contributed by atoms with Crippen LogP contribution in [0.5, 0.6) is 0 Å². The van der Waals surface area contributed by atoms with Crippen LogP contribution in [0.4, 0.5) is 0 Å². The lowest BCUT2D eigenvalue weighted by molar-refractivity contribution is 0.0718. The SMILES string of the molecule is O=C(NC1CCCCC1O)c1cnn2c(-c3ccccc3)ccnc12. The van der Waals surface area contributed by atoms with Crippen LogP contribution in [0.2, 0.25) is 0 Å². The summed E-state index contributed by atoms with van der Waals surface area (Å²) < 4.78 is 1.68. The summed E-state index contributed by atoms with van der Waals surface area (Å²) in [6, 6.07) is 11.5. The number of benzene rings is 1. The Bertz CT molecular complexity index is 891. The lowest BCUT2D eigenvalue weighted by atomic mass is 9.92. The van der Waals surface area contributed by atoms with Gasteiger partial charge < -0.3 is 10.4 Å². The average molecular weight is 336 g/mol. The van der Waals surface area contributed by atoms with E-state index in [1.807, 2.05) is 36.4 Å². The molecule has 2 heterocycles. The molecule has 1 aliphatic rings. The van der Waals surface area contributed by atoms with Gasteiger partial charge in [-0.3, -0.25) is 4.79 Å². The van der Waals surface area contributed by atoms with Gasteiger partial charge in [-0.15, -0.1) is 0 Å². The molecule has 2 atom stereocenters. The maximum Gasteiger partial charge on any atom is 0.257 e. The first-order valence-electron chi connectivity index (χ1n) is 8.61. The van der Waals surface area contributed by atoms with Crippen LogP contribution < -0.4 is 5.32 Å². The molecule has 0 spiro atoms. The predicted molar refractivity (Wildman–Crippen MR) is 94.2 cm³/mol. The van der Waals surface area contributed by atoms with Crippen LogP contribution in [0.25, 0.3) is 16.9 Å². The van der Waals surface area contributed by atoms with E-state index < -0.39 is 6.10 Å². The van der Waals surface area contributed by atoms with E-state index in [4.69, 9.17) is 0 Å². The summed E-state index contributed by atoms with van der Waals surface area (Å²) in [4.78, 5) is 17.0. The van der Waals surface area contributed by atoms with Gasteiger partial charge >= 0.3 is 0 Å². The number of aromatic nitrogens is 3. The average Bonchev–Trinajstić information content (AvgIpc) is 3.08. The Hall–Kier alpha value is -2.73. The third kappa shape index (κ3) is 3.00. The van der Waals surface area contributed by atoms with Gasteiger partial charge in [-0.25, -0.2) is 9.50 Å². The lowest BCUT2D eigenvalue weighted by Crippen LogP contribution is -2.45.